The highest BCUT2D eigenvalue weighted by Crippen LogP contribution is 2.22. The SMILES string of the molecule is CCNCC(C)C(C)Cc1ccccc1Br. The van der Waals surface area contributed by atoms with Crippen molar-refractivity contribution in [1.29, 1.82) is 0 Å². The van der Waals surface area contributed by atoms with E-state index in [4.69, 9.17) is 0 Å². The van der Waals surface area contributed by atoms with Crippen LogP contribution in [0, 0.1) is 11.8 Å². The molecule has 0 fully saturated rings. The molecule has 1 aromatic rings. The van der Waals surface area contributed by atoms with E-state index in [1.165, 1.54) is 10.0 Å². The lowest BCUT2D eigenvalue weighted by atomic mass is 9.89. The highest BCUT2D eigenvalue weighted by atomic mass is 79.9. The minimum absolute atomic E-state index is 0.706. The van der Waals surface area contributed by atoms with Crippen molar-refractivity contribution in [2.75, 3.05) is 13.1 Å². The number of benzene rings is 1. The van der Waals surface area contributed by atoms with Gasteiger partial charge in [0.1, 0.15) is 0 Å². The van der Waals surface area contributed by atoms with Crippen molar-refractivity contribution in [1.82, 2.24) is 5.32 Å². The second-order valence-corrected chi connectivity index (χ2v) is 5.41. The first-order valence-corrected chi connectivity index (χ1v) is 6.88. The molecule has 2 unspecified atom stereocenters. The minimum Gasteiger partial charge on any atom is -0.317 e. The summed E-state index contributed by atoms with van der Waals surface area (Å²) in [6.45, 7) is 8.99. The van der Waals surface area contributed by atoms with Gasteiger partial charge in [0.25, 0.3) is 0 Å². The van der Waals surface area contributed by atoms with E-state index in [0.717, 1.165) is 19.5 Å². The molecule has 2 atom stereocenters. The predicted molar refractivity (Wildman–Crippen MR) is 74.7 cm³/mol. The number of rotatable bonds is 6. The highest BCUT2D eigenvalue weighted by Gasteiger charge is 2.13. The van der Waals surface area contributed by atoms with Crippen LogP contribution in [0.5, 0.6) is 0 Å². The van der Waals surface area contributed by atoms with Gasteiger partial charge in [-0.25, -0.2) is 0 Å². The summed E-state index contributed by atoms with van der Waals surface area (Å²) in [7, 11) is 0. The van der Waals surface area contributed by atoms with Gasteiger partial charge in [-0.2, -0.15) is 0 Å². The zero-order valence-corrected chi connectivity index (χ0v) is 12.0. The van der Waals surface area contributed by atoms with Gasteiger partial charge in [0.15, 0.2) is 0 Å². The molecule has 1 rings (SSSR count). The van der Waals surface area contributed by atoms with Crippen LogP contribution >= 0.6 is 15.9 Å². The number of hydrogen-bond acceptors (Lipinski definition) is 1. The maximum Gasteiger partial charge on any atom is 0.0207 e. The molecule has 0 bridgehead atoms. The molecule has 90 valence electrons. The van der Waals surface area contributed by atoms with E-state index in [2.05, 4.69) is 66.3 Å². The van der Waals surface area contributed by atoms with Crippen molar-refractivity contribution in [3.63, 3.8) is 0 Å². The van der Waals surface area contributed by atoms with E-state index in [9.17, 15) is 0 Å². The Morgan fingerprint density at radius 1 is 1.19 bits per heavy atom. The molecule has 0 aliphatic carbocycles. The zero-order valence-electron chi connectivity index (χ0n) is 10.5. The van der Waals surface area contributed by atoms with Crippen molar-refractivity contribution < 1.29 is 0 Å². The Kier molecular flexibility index (Phi) is 6.07. The number of nitrogens with one attached hydrogen (secondary N) is 1. The summed E-state index contributed by atoms with van der Waals surface area (Å²) >= 11 is 3.61. The molecule has 2 heteroatoms. The molecule has 0 saturated heterocycles. The first-order valence-electron chi connectivity index (χ1n) is 6.09. The van der Waals surface area contributed by atoms with Crippen LogP contribution < -0.4 is 5.32 Å². The van der Waals surface area contributed by atoms with E-state index in [0.29, 0.717) is 11.8 Å². The Morgan fingerprint density at radius 2 is 1.88 bits per heavy atom. The van der Waals surface area contributed by atoms with Crippen LogP contribution in [0.2, 0.25) is 0 Å². The first kappa shape index (κ1) is 13.7. The molecule has 0 aliphatic rings. The number of hydrogen-bond donors (Lipinski definition) is 1. The van der Waals surface area contributed by atoms with Gasteiger partial charge in [0.2, 0.25) is 0 Å². The average Bonchev–Trinajstić information content (AvgIpc) is 2.28. The van der Waals surface area contributed by atoms with Gasteiger partial charge in [-0.1, -0.05) is 54.9 Å². The normalized spacial score (nSPS) is 14.8. The van der Waals surface area contributed by atoms with E-state index in [-0.39, 0.29) is 0 Å². The molecule has 16 heavy (non-hydrogen) atoms. The summed E-state index contributed by atoms with van der Waals surface area (Å²) < 4.78 is 1.23. The lowest BCUT2D eigenvalue weighted by Crippen LogP contribution is -2.25. The highest BCUT2D eigenvalue weighted by molar-refractivity contribution is 9.10. The van der Waals surface area contributed by atoms with Crippen LogP contribution in [-0.2, 0) is 6.42 Å². The predicted octanol–water partition coefficient (Wildman–Crippen LogP) is 3.87. The molecule has 1 nitrogen and oxygen atoms in total. The van der Waals surface area contributed by atoms with Crippen LogP contribution in [0.15, 0.2) is 28.7 Å². The molecule has 0 aromatic heterocycles. The maximum absolute atomic E-state index is 3.61. The maximum atomic E-state index is 3.61. The van der Waals surface area contributed by atoms with Crippen LogP contribution in [0.25, 0.3) is 0 Å². The topological polar surface area (TPSA) is 12.0 Å². The largest absolute Gasteiger partial charge is 0.317 e. The van der Waals surface area contributed by atoms with E-state index < -0.39 is 0 Å². The fourth-order valence-electron chi connectivity index (χ4n) is 1.79. The molecular formula is C14H22BrN. The van der Waals surface area contributed by atoms with Crippen molar-refractivity contribution in [2.24, 2.45) is 11.8 Å². The van der Waals surface area contributed by atoms with Gasteiger partial charge in [-0.15, -0.1) is 0 Å². The molecule has 1 aromatic carbocycles. The lowest BCUT2D eigenvalue weighted by molar-refractivity contribution is 0.368. The fourth-order valence-corrected chi connectivity index (χ4v) is 2.23. The molecular weight excluding hydrogens is 262 g/mol. The van der Waals surface area contributed by atoms with Crippen molar-refractivity contribution in [3.8, 4) is 0 Å². The van der Waals surface area contributed by atoms with E-state index in [1.807, 2.05) is 0 Å². The van der Waals surface area contributed by atoms with Crippen molar-refractivity contribution in [3.05, 3.63) is 34.3 Å². The quantitative estimate of drug-likeness (QED) is 0.836. The van der Waals surface area contributed by atoms with Gasteiger partial charge in [0, 0.05) is 4.47 Å². The van der Waals surface area contributed by atoms with Crippen LogP contribution in [0.4, 0.5) is 0 Å². The summed E-state index contributed by atoms with van der Waals surface area (Å²) in [5.74, 6) is 1.42. The third-order valence-electron chi connectivity index (χ3n) is 3.19. The van der Waals surface area contributed by atoms with Gasteiger partial charge in [-0.05, 0) is 43.0 Å². The Labute approximate surface area is 108 Å². The zero-order chi connectivity index (χ0) is 12.0. The van der Waals surface area contributed by atoms with E-state index in [1.54, 1.807) is 0 Å². The van der Waals surface area contributed by atoms with Gasteiger partial charge >= 0.3 is 0 Å². The molecule has 0 spiro atoms. The van der Waals surface area contributed by atoms with Crippen molar-refractivity contribution >= 4 is 15.9 Å². The van der Waals surface area contributed by atoms with Crippen LogP contribution in [0.1, 0.15) is 26.3 Å². The minimum atomic E-state index is 0.706. The van der Waals surface area contributed by atoms with Crippen LogP contribution in [-0.4, -0.2) is 13.1 Å². The smallest absolute Gasteiger partial charge is 0.0207 e. The Morgan fingerprint density at radius 3 is 2.50 bits per heavy atom. The second kappa shape index (κ2) is 7.08. The average molecular weight is 284 g/mol. The molecule has 0 aliphatic heterocycles. The molecule has 1 N–H and O–H groups in total. The Balaban J connectivity index is 2.50. The van der Waals surface area contributed by atoms with Gasteiger partial charge < -0.3 is 5.32 Å². The second-order valence-electron chi connectivity index (χ2n) is 4.56. The lowest BCUT2D eigenvalue weighted by Gasteiger charge is -2.20. The van der Waals surface area contributed by atoms with Gasteiger partial charge in [0.05, 0.1) is 0 Å². The third kappa shape index (κ3) is 4.26. The van der Waals surface area contributed by atoms with E-state index >= 15 is 0 Å². The Hall–Kier alpha value is -0.340. The molecule has 0 heterocycles. The summed E-state index contributed by atoms with van der Waals surface area (Å²) in [5.41, 5.74) is 1.42. The molecule has 0 amide bonds. The van der Waals surface area contributed by atoms with Crippen LogP contribution in [0.3, 0.4) is 0 Å². The monoisotopic (exact) mass is 283 g/mol. The van der Waals surface area contributed by atoms with Crippen molar-refractivity contribution in [2.45, 2.75) is 27.2 Å². The fraction of sp³-hybridized carbons (Fsp3) is 0.571. The molecule has 0 radical (unpaired) electrons. The van der Waals surface area contributed by atoms with Gasteiger partial charge in [-0.3, -0.25) is 0 Å². The standard InChI is InChI=1S/C14H22BrN/c1-4-16-10-12(3)11(2)9-13-7-5-6-8-14(13)15/h5-8,11-12,16H,4,9-10H2,1-3H3. The summed E-state index contributed by atoms with van der Waals surface area (Å²) in [4.78, 5) is 0. The Bertz CT molecular complexity index is 311. The summed E-state index contributed by atoms with van der Waals surface area (Å²) in [5, 5.41) is 3.42. The summed E-state index contributed by atoms with van der Waals surface area (Å²) in [6.07, 6.45) is 1.15. The third-order valence-corrected chi connectivity index (χ3v) is 3.96. The summed E-state index contributed by atoms with van der Waals surface area (Å²) in [6, 6.07) is 8.51. The molecule has 0 saturated carbocycles. The first-order chi connectivity index (χ1) is 7.65. The number of halogens is 1.